The number of aromatic nitrogens is 1. The molecule has 0 aromatic carbocycles. The van der Waals surface area contributed by atoms with Crippen molar-refractivity contribution < 1.29 is 18.0 Å². The molecule has 0 unspecified atom stereocenters. The van der Waals surface area contributed by atoms with Gasteiger partial charge < -0.3 is 4.90 Å². The van der Waals surface area contributed by atoms with Crippen LogP contribution in [0.5, 0.6) is 0 Å². The van der Waals surface area contributed by atoms with Gasteiger partial charge in [-0.15, -0.1) is 0 Å². The number of carbonyl (C=O) groups excluding carboxylic acids is 1. The molecule has 1 rings (SSSR count). The highest BCUT2D eigenvalue weighted by Crippen LogP contribution is 2.18. The molecule has 100 valence electrons. The number of hydrogen-bond donors (Lipinski definition) is 0. The molecule has 0 aliphatic rings. The molecular weight excluding hydrogens is 381 g/mol. The van der Waals surface area contributed by atoms with Crippen LogP contribution in [0, 0.1) is 0 Å². The second-order valence-electron chi connectivity index (χ2n) is 3.39. The summed E-state index contributed by atoms with van der Waals surface area (Å²) < 4.78 is 37.7. The maximum Gasteiger partial charge on any atom is 0.406 e. The van der Waals surface area contributed by atoms with Gasteiger partial charge in [0.2, 0.25) is 0 Å². The molecule has 0 N–H and O–H groups in total. The topological polar surface area (TPSA) is 33.2 Å². The Morgan fingerprint density at radius 3 is 2.50 bits per heavy atom. The monoisotopic (exact) mass is 388 g/mol. The average Bonchev–Trinajstić information content (AvgIpc) is 2.27. The number of rotatable bonds is 4. The van der Waals surface area contributed by atoms with E-state index in [0.717, 1.165) is 0 Å². The molecule has 0 saturated heterocycles. The highest BCUT2D eigenvalue weighted by atomic mass is 79.9. The summed E-state index contributed by atoms with van der Waals surface area (Å²) >= 11 is 6.16. The van der Waals surface area contributed by atoms with Crippen molar-refractivity contribution in [2.75, 3.05) is 18.4 Å². The van der Waals surface area contributed by atoms with Gasteiger partial charge in [-0.1, -0.05) is 15.9 Å². The molecule has 1 heterocycles. The maximum absolute atomic E-state index is 12.3. The van der Waals surface area contributed by atoms with Gasteiger partial charge in [0.1, 0.15) is 12.2 Å². The third kappa shape index (κ3) is 4.93. The Kier molecular flexibility index (Phi) is 5.58. The van der Waals surface area contributed by atoms with Crippen LogP contribution in [-0.2, 0) is 0 Å². The lowest BCUT2D eigenvalue weighted by Crippen LogP contribution is -2.40. The SMILES string of the molecule is O=C(c1ccc(Br)cn1)N(CCBr)CC(F)(F)F. The van der Waals surface area contributed by atoms with Crippen LogP contribution in [0.4, 0.5) is 13.2 Å². The Morgan fingerprint density at radius 2 is 2.06 bits per heavy atom. The van der Waals surface area contributed by atoms with Crippen LogP contribution in [0.15, 0.2) is 22.8 Å². The van der Waals surface area contributed by atoms with Crippen molar-refractivity contribution in [3.8, 4) is 0 Å². The first kappa shape index (κ1) is 15.4. The Labute approximate surface area is 119 Å². The molecule has 1 aromatic rings. The van der Waals surface area contributed by atoms with Crippen LogP contribution in [0.1, 0.15) is 10.5 Å². The quantitative estimate of drug-likeness (QED) is 0.740. The first-order valence-electron chi connectivity index (χ1n) is 4.87. The van der Waals surface area contributed by atoms with E-state index < -0.39 is 18.6 Å². The van der Waals surface area contributed by atoms with E-state index in [1.807, 2.05) is 0 Å². The first-order valence-corrected chi connectivity index (χ1v) is 6.78. The smallest absolute Gasteiger partial charge is 0.327 e. The standard InChI is InChI=1S/C10H9Br2F3N2O/c11-3-4-17(6-10(13,14)15)9(18)8-2-1-7(12)5-16-8/h1-2,5H,3-4,6H2. The number of carbonyl (C=O) groups is 1. The molecule has 1 aromatic heterocycles. The molecule has 0 bridgehead atoms. The summed E-state index contributed by atoms with van der Waals surface area (Å²) in [6, 6.07) is 2.93. The molecule has 0 radical (unpaired) electrons. The van der Waals surface area contributed by atoms with Crippen molar-refractivity contribution >= 4 is 37.8 Å². The summed E-state index contributed by atoms with van der Waals surface area (Å²) in [6.45, 7) is -1.31. The lowest BCUT2D eigenvalue weighted by Gasteiger charge is -2.22. The predicted octanol–water partition coefficient (Wildman–Crippen LogP) is 3.24. The molecule has 0 aliphatic heterocycles. The maximum atomic E-state index is 12.3. The van der Waals surface area contributed by atoms with Crippen molar-refractivity contribution in [1.29, 1.82) is 0 Å². The molecule has 0 atom stereocenters. The highest BCUT2D eigenvalue weighted by Gasteiger charge is 2.33. The van der Waals surface area contributed by atoms with Gasteiger partial charge in [0.25, 0.3) is 5.91 Å². The van der Waals surface area contributed by atoms with Crippen LogP contribution in [0.2, 0.25) is 0 Å². The van der Waals surface area contributed by atoms with Crippen LogP contribution >= 0.6 is 31.9 Å². The van der Waals surface area contributed by atoms with E-state index in [1.165, 1.54) is 12.3 Å². The van der Waals surface area contributed by atoms with Gasteiger partial charge in [0.05, 0.1) is 0 Å². The number of hydrogen-bond acceptors (Lipinski definition) is 2. The zero-order chi connectivity index (χ0) is 13.8. The van der Waals surface area contributed by atoms with Gasteiger partial charge >= 0.3 is 6.18 Å². The van der Waals surface area contributed by atoms with E-state index in [9.17, 15) is 18.0 Å². The minimum atomic E-state index is -4.42. The lowest BCUT2D eigenvalue weighted by molar-refractivity contribution is -0.140. The van der Waals surface area contributed by atoms with E-state index in [4.69, 9.17) is 0 Å². The van der Waals surface area contributed by atoms with E-state index in [0.29, 0.717) is 9.37 Å². The fraction of sp³-hybridized carbons (Fsp3) is 0.400. The van der Waals surface area contributed by atoms with Crippen LogP contribution in [0.25, 0.3) is 0 Å². The Morgan fingerprint density at radius 1 is 1.39 bits per heavy atom. The molecule has 18 heavy (non-hydrogen) atoms. The molecule has 0 spiro atoms. The predicted molar refractivity (Wildman–Crippen MR) is 67.7 cm³/mol. The summed E-state index contributed by atoms with van der Waals surface area (Å²) in [6.07, 6.45) is -3.06. The molecule has 1 amide bonds. The van der Waals surface area contributed by atoms with Gasteiger partial charge in [0, 0.05) is 22.5 Å². The zero-order valence-corrected chi connectivity index (χ0v) is 12.2. The Hall–Kier alpha value is -0.630. The third-order valence-corrected chi connectivity index (χ3v) is 2.78. The second kappa shape index (κ2) is 6.51. The van der Waals surface area contributed by atoms with E-state index in [1.54, 1.807) is 6.07 Å². The number of nitrogens with zero attached hydrogens (tertiary/aromatic N) is 2. The lowest BCUT2D eigenvalue weighted by atomic mass is 10.3. The summed E-state index contributed by atoms with van der Waals surface area (Å²) in [4.78, 5) is 16.4. The molecule has 0 fully saturated rings. The molecule has 0 aliphatic carbocycles. The first-order chi connectivity index (χ1) is 8.33. The van der Waals surface area contributed by atoms with Crippen LogP contribution in [0.3, 0.4) is 0 Å². The van der Waals surface area contributed by atoms with Crippen molar-refractivity contribution in [2.24, 2.45) is 0 Å². The largest absolute Gasteiger partial charge is 0.406 e. The van der Waals surface area contributed by atoms with E-state index in [2.05, 4.69) is 36.8 Å². The van der Waals surface area contributed by atoms with Gasteiger partial charge in [-0.2, -0.15) is 13.2 Å². The van der Waals surface area contributed by atoms with E-state index >= 15 is 0 Å². The normalized spacial score (nSPS) is 11.4. The minimum absolute atomic E-state index is 0.0107. The second-order valence-corrected chi connectivity index (χ2v) is 5.10. The minimum Gasteiger partial charge on any atom is -0.327 e. The third-order valence-electron chi connectivity index (χ3n) is 1.96. The summed E-state index contributed by atoms with van der Waals surface area (Å²) in [5, 5.41) is 0.269. The van der Waals surface area contributed by atoms with Crippen molar-refractivity contribution in [3.05, 3.63) is 28.5 Å². The van der Waals surface area contributed by atoms with Crippen LogP contribution < -0.4 is 0 Å². The zero-order valence-electron chi connectivity index (χ0n) is 9.05. The molecular formula is C10H9Br2F3N2O. The Balaban J connectivity index is 2.85. The van der Waals surface area contributed by atoms with Crippen molar-refractivity contribution in [2.45, 2.75) is 6.18 Å². The summed E-state index contributed by atoms with van der Waals surface area (Å²) in [7, 11) is 0. The van der Waals surface area contributed by atoms with Gasteiger partial charge in [0.15, 0.2) is 0 Å². The molecule has 0 saturated carbocycles. The number of amides is 1. The number of halogens is 5. The van der Waals surface area contributed by atoms with E-state index in [-0.39, 0.29) is 17.6 Å². The number of alkyl halides is 4. The van der Waals surface area contributed by atoms with Crippen molar-refractivity contribution in [1.82, 2.24) is 9.88 Å². The fourth-order valence-electron chi connectivity index (χ4n) is 1.24. The van der Waals surface area contributed by atoms with Gasteiger partial charge in [-0.05, 0) is 28.1 Å². The van der Waals surface area contributed by atoms with Gasteiger partial charge in [-0.3, -0.25) is 4.79 Å². The Bertz CT molecular complexity index is 409. The summed E-state index contributed by atoms with van der Waals surface area (Å²) in [5.41, 5.74) is -0.0107. The van der Waals surface area contributed by atoms with Gasteiger partial charge in [-0.25, -0.2) is 4.98 Å². The fourth-order valence-corrected chi connectivity index (χ4v) is 1.90. The van der Waals surface area contributed by atoms with Crippen molar-refractivity contribution in [3.63, 3.8) is 0 Å². The summed E-state index contributed by atoms with van der Waals surface area (Å²) in [5.74, 6) is -0.737. The average molecular weight is 390 g/mol. The highest BCUT2D eigenvalue weighted by molar-refractivity contribution is 9.10. The van der Waals surface area contributed by atoms with Crippen LogP contribution in [-0.4, -0.2) is 40.4 Å². The molecule has 3 nitrogen and oxygen atoms in total. The molecule has 8 heteroatoms. The number of pyridine rings is 1.